The fraction of sp³-hybridized carbons (Fsp3) is 0.833. The predicted octanol–water partition coefficient (Wildman–Crippen LogP) is -2.71. The number of carboxylic acids is 1. The smallest absolute Gasteiger partial charge is 0.372 e. The van der Waals surface area contributed by atoms with E-state index in [1.807, 2.05) is 0 Å². The number of aliphatic carboxylic acids is 1. The molecular weight excluding hydrogens is 191 g/mol. The van der Waals surface area contributed by atoms with Gasteiger partial charge < -0.3 is 31.2 Å². The van der Waals surface area contributed by atoms with Crippen LogP contribution in [0.15, 0.2) is 0 Å². The molecule has 84 valence electrons. The Morgan fingerprint density at radius 2 is 2.00 bits per heavy atom. The summed E-state index contributed by atoms with van der Waals surface area (Å²) in [5.41, 5.74) is 5.16. The maximum Gasteiger partial charge on any atom is 0.372 e. The summed E-state index contributed by atoms with van der Waals surface area (Å²) in [6.07, 6.45) is -0.451. The normalized spacial score (nSPS) is 14.0. The van der Waals surface area contributed by atoms with E-state index >= 15 is 0 Å². The van der Waals surface area contributed by atoms with Crippen molar-refractivity contribution in [3.8, 4) is 0 Å². The summed E-state index contributed by atoms with van der Waals surface area (Å²) >= 11 is 0. The number of carbonyl (C=O) groups is 1. The largest absolute Gasteiger partial charge is 0.560 e. The molecule has 0 spiro atoms. The van der Waals surface area contributed by atoms with Crippen molar-refractivity contribution in [1.29, 1.82) is 0 Å². The van der Waals surface area contributed by atoms with E-state index in [-0.39, 0.29) is 19.3 Å². The van der Waals surface area contributed by atoms with Crippen molar-refractivity contribution >= 4 is 12.7 Å². The highest BCUT2D eigenvalue weighted by Crippen LogP contribution is 2.05. The van der Waals surface area contributed by atoms with Crippen LogP contribution < -0.4 is 11.1 Å². The van der Waals surface area contributed by atoms with Crippen molar-refractivity contribution < 1.29 is 25.0 Å². The van der Waals surface area contributed by atoms with Gasteiger partial charge in [-0.2, -0.15) is 0 Å². The molecule has 0 radical (unpaired) electrons. The van der Waals surface area contributed by atoms with Gasteiger partial charge in [-0.25, -0.2) is 0 Å². The van der Waals surface area contributed by atoms with Crippen LogP contribution in [0.1, 0.15) is 6.42 Å². The van der Waals surface area contributed by atoms with Crippen LogP contribution in [0.3, 0.4) is 0 Å². The molecule has 0 fully saturated rings. The highest BCUT2D eigenvalue weighted by Gasteiger charge is 2.21. The molecule has 0 unspecified atom stereocenters. The van der Waals surface area contributed by atoms with Crippen molar-refractivity contribution in [2.24, 2.45) is 5.73 Å². The van der Waals surface area contributed by atoms with Gasteiger partial charge in [-0.3, -0.25) is 4.79 Å². The summed E-state index contributed by atoms with van der Waals surface area (Å²) in [6.45, 7) is -2.81. The zero-order chi connectivity index (χ0) is 11.2. The lowest BCUT2D eigenvalue weighted by molar-refractivity contribution is -0.139. The van der Waals surface area contributed by atoms with E-state index < -0.39 is 18.8 Å². The predicted molar refractivity (Wildman–Crippen MR) is 50.3 cm³/mol. The Morgan fingerprint density at radius 1 is 1.43 bits per heavy atom. The molecule has 0 aromatic carbocycles. The second-order valence-electron chi connectivity index (χ2n) is 3.11. The molecule has 0 aliphatic rings. The van der Waals surface area contributed by atoms with E-state index in [0.717, 1.165) is 0 Å². The first-order chi connectivity index (χ1) is 6.37. The Labute approximate surface area is 81.6 Å². The highest BCUT2D eigenvalue weighted by molar-refractivity contribution is 6.56. The second kappa shape index (κ2) is 5.94. The van der Waals surface area contributed by atoms with Gasteiger partial charge in [0.25, 0.3) is 0 Å². The van der Waals surface area contributed by atoms with Crippen LogP contribution in [0.25, 0.3) is 0 Å². The molecule has 0 amide bonds. The number of hydrogen-bond acceptors (Lipinski definition) is 6. The van der Waals surface area contributed by atoms with Gasteiger partial charge in [-0.1, -0.05) is 12.7 Å². The van der Waals surface area contributed by atoms with Crippen molar-refractivity contribution in [2.45, 2.75) is 18.8 Å². The quantitative estimate of drug-likeness (QED) is 0.250. The van der Waals surface area contributed by atoms with Crippen LogP contribution in [0, 0.1) is 0 Å². The minimum atomic E-state index is -3.41. The first kappa shape index (κ1) is 13.3. The van der Waals surface area contributed by atoms with E-state index in [1.54, 1.807) is 0 Å². The number of rotatable bonds is 7. The highest BCUT2D eigenvalue weighted by atomic mass is 16.5. The van der Waals surface area contributed by atoms with Gasteiger partial charge in [0, 0.05) is 13.1 Å². The number of hydrogen-bond donors (Lipinski definition) is 6. The maximum absolute atomic E-state index is 10.6. The van der Waals surface area contributed by atoms with Gasteiger partial charge in [-0.15, -0.1) is 0 Å². The molecule has 0 heterocycles. The lowest BCUT2D eigenvalue weighted by Gasteiger charge is -2.22. The van der Waals surface area contributed by atoms with Crippen LogP contribution in [0.5, 0.6) is 0 Å². The molecule has 0 rings (SSSR count). The molecule has 0 saturated heterocycles. The van der Waals surface area contributed by atoms with Gasteiger partial charge >= 0.3 is 12.7 Å². The van der Waals surface area contributed by atoms with E-state index in [0.29, 0.717) is 6.54 Å². The molecule has 0 saturated carbocycles. The minimum Gasteiger partial charge on any atom is -0.560 e. The molecule has 14 heavy (non-hydrogen) atoms. The van der Waals surface area contributed by atoms with Gasteiger partial charge in [0.1, 0.15) is 6.04 Å². The number of nitrogens with two attached hydrogens (primary N) is 1. The molecule has 7 N–H and O–H groups in total. The van der Waals surface area contributed by atoms with E-state index in [1.165, 1.54) is 0 Å². The van der Waals surface area contributed by atoms with Crippen LogP contribution in [0.2, 0.25) is 6.32 Å². The van der Waals surface area contributed by atoms with Crippen LogP contribution in [-0.4, -0.2) is 52.0 Å². The Morgan fingerprint density at radius 3 is 2.36 bits per heavy atom. The van der Waals surface area contributed by atoms with Gasteiger partial charge in [0.2, 0.25) is 0 Å². The second-order valence-corrected chi connectivity index (χ2v) is 3.11. The van der Waals surface area contributed by atoms with Crippen LogP contribution >= 0.6 is 0 Å². The lowest BCUT2D eigenvalue weighted by Crippen LogP contribution is -2.43. The number of carboxylic acid groups (broad SMARTS) is 1. The van der Waals surface area contributed by atoms with Gasteiger partial charge in [0.15, 0.2) is 0 Å². The van der Waals surface area contributed by atoms with Crippen molar-refractivity contribution in [3.63, 3.8) is 0 Å². The molecule has 0 aromatic rings. The third-order valence-electron chi connectivity index (χ3n) is 1.68. The standard InChI is InChI=1S/C6H16BN2O5/c8-3-4-9-5(6(10)11)1-2-7(12,13)14/h5,9,12-14H,1-4,8H2,(H,10,11)/q-1/t5-/m1/s1. The average Bonchev–Trinajstić information content (AvgIpc) is 2.01. The maximum atomic E-state index is 10.6. The third kappa shape index (κ3) is 6.81. The summed E-state index contributed by atoms with van der Waals surface area (Å²) in [6, 6.07) is -0.925. The topological polar surface area (TPSA) is 136 Å². The van der Waals surface area contributed by atoms with Crippen LogP contribution in [0.4, 0.5) is 0 Å². The number of nitrogens with one attached hydrogen (secondary N) is 1. The Kier molecular flexibility index (Phi) is 5.66. The van der Waals surface area contributed by atoms with E-state index in [4.69, 9.17) is 25.9 Å². The molecule has 8 heteroatoms. The molecule has 0 bridgehead atoms. The Bertz CT molecular complexity index is 184. The third-order valence-corrected chi connectivity index (χ3v) is 1.68. The summed E-state index contributed by atoms with van der Waals surface area (Å²) < 4.78 is 0. The van der Waals surface area contributed by atoms with Gasteiger partial charge in [0.05, 0.1) is 0 Å². The minimum absolute atomic E-state index is 0.0706. The van der Waals surface area contributed by atoms with Crippen molar-refractivity contribution in [2.75, 3.05) is 13.1 Å². The first-order valence-corrected chi connectivity index (χ1v) is 4.36. The summed E-state index contributed by atoms with van der Waals surface area (Å²) in [4.78, 5) is 10.6. The molecule has 1 atom stereocenters. The Balaban J connectivity index is 3.91. The fourth-order valence-electron chi connectivity index (χ4n) is 0.961. The zero-order valence-corrected chi connectivity index (χ0v) is 7.76. The molecule has 0 aliphatic heterocycles. The first-order valence-electron chi connectivity index (χ1n) is 4.36. The molecule has 7 nitrogen and oxygen atoms in total. The van der Waals surface area contributed by atoms with Crippen molar-refractivity contribution in [3.05, 3.63) is 0 Å². The lowest BCUT2D eigenvalue weighted by atomic mass is 9.73. The van der Waals surface area contributed by atoms with E-state index in [2.05, 4.69) is 5.32 Å². The average molecular weight is 207 g/mol. The van der Waals surface area contributed by atoms with Crippen molar-refractivity contribution in [1.82, 2.24) is 5.32 Å². The summed E-state index contributed by atoms with van der Waals surface area (Å²) in [7, 11) is 0. The summed E-state index contributed by atoms with van der Waals surface area (Å²) in [5.74, 6) is -1.11. The monoisotopic (exact) mass is 207 g/mol. The van der Waals surface area contributed by atoms with Crippen LogP contribution in [-0.2, 0) is 4.79 Å². The summed E-state index contributed by atoms with van der Waals surface area (Å²) in [5, 5.41) is 37.1. The van der Waals surface area contributed by atoms with Gasteiger partial charge in [-0.05, 0) is 0 Å². The zero-order valence-electron chi connectivity index (χ0n) is 7.76. The Hall–Kier alpha value is -0.665. The molecule has 0 aromatic heterocycles. The fourth-order valence-corrected chi connectivity index (χ4v) is 0.961. The molecular formula is C6H16BN2O5-. The van der Waals surface area contributed by atoms with E-state index in [9.17, 15) is 4.79 Å². The molecule has 0 aliphatic carbocycles. The SMILES string of the molecule is NCCN[C@H](CC[B-](O)(O)O)C(=O)O.